The molecule has 0 aliphatic carbocycles. The van der Waals surface area contributed by atoms with Gasteiger partial charge < -0.3 is 9.84 Å². The fourth-order valence-electron chi connectivity index (χ4n) is 1.28. The van der Waals surface area contributed by atoms with Crippen molar-refractivity contribution >= 4 is 11.9 Å². The molecule has 98 valence electrons. The van der Waals surface area contributed by atoms with E-state index in [1.165, 1.54) is 6.92 Å². The molecule has 0 spiro atoms. The molecule has 0 aromatic heterocycles. The van der Waals surface area contributed by atoms with Crippen molar-refractivity contribution in [3.63, 3.8) is 0 Å². The molecule has 0 bridgehead atoms. The largest absolute Gasteiger partial charge is 0.478 e. The Morgan fingerprint density at radius 3 is 2.29 bits per heavy atom. The maximum Gasteiger partial charge on any atom is 0.334 e. The van der Waals surface area contributed by atoms with E-state index >= 15 is 0 Å². The van der Waals surface area contributed by atoms with Gasteiger partial charge in [0.2, 0.25) is 0 Å². The molecule has 0 aliphatic heterocycles. The molecular weight excluding hydrogens is 220 g/mol. The Bertz CT molecular complexity index is 303. The van der Waals surface area contributed by atoms with E-state index in [9.17, 15) is 9.59 Å². The van der Waals surface area contributed by atoms with Gasteiger partial charge in [0.1, 0.15) is 0 Å². The normalized spacial score (nSPS) is 12.3. The molecule has 1 N–H and O–H groups in total. The van der Waals surface area contributed by atoms with E-state index in [2.05, 4.69) is 0 Å². The SMILES string of the molecule is CCCCC(C(=O)O)=C(C)C(=O)OCC(C)C. The van der Waals surface area contributed by atoms with Gasteiger partial charge in [-0.15, -0.1) is 0 Å². The standard InChI is InChI=1S/C13H22O4/c1-5-6-7-11(12(14)15)10(4)13(16)17-8-9(2)3/h9H,5-8H2,1-4H3,(H,14,15). The number of unbranched alkanes of at least 4 members (excludes halogenated alkanes) is 1. The smallest absolute Gasteiger partial charge is 0.334 e. The molecule has 17 heavy (non-hydrogen) atoms. The van der Waals surface area contributed by atoms with E-state index in [0.29, 0.717) is 13.0 Å². The van der Waals surface area contributed by atoms with Crippen LogP contribution in [0.15, 0.2) is 11.1 Å². The Kier molecular flexibility index (Phi) is 7.26. The molecule has 0 rings (SSSR count). The number of aliphatic carboxylic acids is 1. The van der Waals surface area contributed by atoms with Crippen LogP contribution in [0.2, 0.25) is 0 Å². The second-order valence-electron chi connectivity index (χ2n) is 4.50. The molecule has 4 heteroatoms. The average Bonchev–Trinajstić information content (AvgIpc) is 2.25. The highest BCUT2D eigenvalue weighted by atomic mass is 16.5. The number of carboxylic acids is 1. The van der Waals surface area contributed by atoms with Gasteiger partial charge in [-0.25, -0.2) is 9.59 Å². The van der Waals surface area contributed by atoms with Crippen LogP contribution in [0.1, 0.15) is 47.0 Å². The minimum atomic E-state index is -1.03. The first-order valence-electron chi connectivity index (χ1n) is 6.00. The minimum absolute atomic E-state index is 0.167. The van der Waals surface area contributed by atoms with Crippen molar-refractivity contribution in [2.75, 3.05) is 6.61 Å². The number of ether oxygens (including phenoxy) is 1. The van der Waals surface area contributed by atoms with Gasteiger partial charge in [-0.2, -0.15) is 0 Å². The summed E-state index contributed by atoms with van der Waals surface area (Å²) in [7, 11) is 0. The summed E-state index contributed by atoms with van der Waals surface area (Å²) in [5.74, 6) is -1.31. The monoisotopic (exact) mass is 242 g/mol. The van der Waals surface area contributed by atoms with Gasteiger partial charge >= 0.3 is 11.9 Å². The lowest BCUT2D eigenvalue weighted by molar-refractivity contribution is -0.141. The third-order valence-electron chi connectivity index (χ3n) is 2.35. The van der Waals surface area contributed by atoms with Crippen molar-refractivity contribution in [3.05, 3.63) is 11.1 Å². The van der Waals surface area contributed by atoms with E-state index < -0.39 is 11.9 Å². The molecule has 0 aliphatic rings. The predicted molar refractivity (Wildman–Crippen MR) is 65.7 cm³/mol. The van der Waals surface area contributed by atoms with Gasteiger partial charge in [0.15, 0.2) is 0 Å². The molecular formula is C13H22O4. The van der Waals surface area contributed by atoms with Crippen LogP contribution >= 0.6 is 0 Å². The van der Waals surface area contributed by atoms with Crippen LogP contribution in [0.4, 0.5) is 0 Å². The van der Waals surface area contributed by atoms with Gasteiger partial charge in [0.05, 0.1) is 6.61 Å². The Labute approximate surface area is 103 Å². The highest BCUT2D eigenvalue weighted by Crippen LogP contribution is 2.14. The number of hydrogen-bond donors (Lipinski definition) is 1. The van der Waals surface area contributed by atoms with Crippen LogP contribution in [0.3, 0.4) is 0 Å². The lowest BCUT2D eigenvalue weighted by Crippen LogP contribution is -2.15. The van der Waals surface area contributed by atoms with Gasteiger partial charge in [0.25, 0.3) is 0 Å². The molecule has 0 saturated heterocycles. The third kappa shape index (κ3) is 6.09. The Morgan fingerprint density at radius 1 is 1.29 bits per heavy atom. The summed E-state index contributed by atoms with van der Waals surface area (Å²) in [5, 5.41) is 9.03. The van der Waals surface area contributed by atoms with Crippen molar-refractivity contribution in [1.29, 1.82) is 0 Å². The van der Waals surface area contributed by atoms with Crippen LogP contribution < -0.4 is 0 Å². The molecule has 0 radical (unpaired) electrons. The van der Waals surface area contributed by atoms with Crippen LogP contribution in [0.5, 0.6) is 0 Å². The Morgan fingerprint density at radius 2 is 1.88 bits per heavy atom. The van der Waals surface area contributed by atoms with Crippen molar-refractivity contribution in [1.82, 2.24) is 0 Å². The van der Waals surface area contributed by atoms with Crippen molar-refractivity contribution in [2.45, 2.75) is 47.0 Å². The summed E-state index contributed by atoms with van der Waals surface area (Å²) >= 11 is 0. The highest BCUT2D eigenvalue weighted by Gasteiger charge is 2.17. The van der Waals surface area contributed by atoms with Crippen LogP contribution in [0.25, 0.3) is 0 Å². The highest BCUT2D eigenvalue weighted by molar-refractivity contribution is 5.99. The lowest BCUT2D eigenvalue weighted by Gasteiger charge is -2.10. The number of carbonyl (C=O) groups excluding carboxylic acids is 1. The Hall–Kier alpha value is -1.32. The van der Waals surface area contributed by atoms with Gasteiger partial charge in [-0.3, -0.25) is 0 Å². The summed E-state index contributed by atoms with van der Waals surface area (Å²) in [6.07, 6.45) is 2.07. The summed E-state index contributed by atoms with van der Waals surface area (Å²) in [5.41, 5.74) is 0.382. The van der Waals surface area contributed by atoms with Crippen molar-refractivity contribution in [2.24, 2.45) is 5.92 Å². The lowest BCUT2D eigenvalue weighted by atomic mass is 10.0. The van der Waals surface area contributed by atoms with E-state index in [4.69, 9.17) is 9.84 Å². The van der Waals surface area contributed by atoms with E-state index in [1.54, 1.807) is 0 Å². The second-order valence-corrected chi connectivity index (χ2v) is 4.50. The van der Waals surface area contributed by atoms with E-state index in [-0.39, 0.29) is 17.1 Å². The number of carboxylic acid groups (broad SMARTS) is 1. The molecule has 0 aromatic rings. The molecule has 4 nitrogen and oxygen atoms in total. The summed E-state index contributed by atoms with van der Waals surface area (Å²) in [4.78, 5) is 22.6. The minimum Gasteiger partial charge on any atom is -0.478 e. The topological polar surface area (TPSA) is 63.6 Å². The molecule has 0 atom stereocenters. The molecule has 0 unspecified atom stereocenters. The molecule has 0 saturated carbocycles. The third-order valence-corrected chi connectivity index (χ3v) is 2.35. The molecule has 0 heterocycles. The second kappa shape index (κ2) is 7.87. The van der Waals surface area contributed by atoms with Crippen molar-refractivity contribution in [3.8, 4) is 0 Å². The van der Waals surface area contributed by atoms with Gasteiger partial charge in [-0.05, 0) is 25.7 Å². The zero-order chi connectivity index (χ0) is 13.4. The quantitative estimate of drug-likeness (QED) is 0.550. The fourth-order valence-corrected chi connectivity index (χ4v) is 1.28. The molecule has 0 aromatic carbocycles. The number of rotatable bonds is 7. The van der Waals surface area contributed by atoms with E-state index in [0.717, 1.165) is 12.8 Å². The first kappa shape index (κ1) is 15.7. The molecule has 0 amide bonds. The summed E-state index contributed by atoms with van der Waals surface area (Å²) < 4.78 is 5.02. The van der Waals surface area contributed by atoms with E-state index in [1.807, 2.05) is 20.8 Å². The zero-order valence-corrected chi connectivity index (χ0v) is 11.1. The van der Waals surface area contributed by atoms with Crippen LogP contribution in [0, 0.1) is 5.92 Å². The first-order chi connectivity index (χ1) is 7.90. The number of hydrogen-bond acceptors (Lipinski definition) is 3. The molecule has 0 fully saturated rings. The van der Waals surface area contributed by atoms with Crippen molar-refractivity contribution < 1.29 is 19.4 Å². The first-order valence-corrected chi connectivity index (χ1v) is 6.00. The number of carbonyl (C=O) groups is 2. The predicted octanol–water partition coefficient (Wildman–Crippen LogP) is 2.78. The van der Waals surface area contributed by atoms with Gasteiger partial charge in [-0.1, -0.05) is 27.2 Å². The van der Waals surface area contributed by atoms with Gasteiger partial charge in [0, 0.05) is 11.1 Å². The van der Waals surface area contributed by atoms with Crippen LogP contribution in [-0.2, 0) is 14.3 Å². The average molecular weight is 242 g/mol. The summed E-state index contributed by atoms with van der Waals surface area (Å²) in [6.45, 7) is 7.67. The fraction of sp³-hybridized carbons (Fsp3) is 0.692. The zero-order valence-electron chi connectivity index (χ0n) is 11.1. The Balaban J connectivity index is 4.68. The van der Waals surface area contributed by atoms with Crippen LogP contribution in [-0.4, -0.2) is 23.7 Å². The maximum absolute atomic E-state index is 11.6. The summed E-state index contributed by atoms with van der Waals surface area (Å²) in [6, 6.07) is 0. The number of esters is 1. The maximum atomic E-state index is 11.6.